The normalized spacial score (nSPS) is 12.3. The first-order chi connectivity index (χ1) is 5.84. The van der Waals surface area contributed by atoms with Gasteiger partial charge in [0.1, 0.15) is 0 Å². The zero-order valence-electron chi connectivity index (χ0n) is 7.51. The van der Waals surface area contributed by atoms with E-state index in [1.807, 2.05) is 0 Å². The van der Waals surface area contributed by atoms with E-state index in [1.165, 1.54) is 0 Å². The van der Waals surface area contributed by atoms with E-state index in [0.29, 0.717) is 0 Å². The molecule has 1 rings (SSSR count). The number of hydrogen-bond acceptors (Lipinski definition) is 5. The summed E-state index contributed by atoms with van der Waals surface area (Å²) in [5.74, 6) is -0.920. The van der Waals surface area contributed by atoms with Gasteiger partial charge in [0, 0.05) is 6.26 Å². The van der Waals surface area contributed by atoms with Crippen LogP contribution < -0.4 is 9.79 Å². The van der Waals surface area contributed by atoms with Crippen molar-refractivity contribution in [1.29, 1.82) is 0 Å². The number of sulfone groups is 1. The number of aromatic nitrogens is 2. The van der Waals surface area contributed by atoms with Gasteiger partial charge >= 0.3 is 5.03 Å². The summed E-state index contributed by atoms with van der Waals surface area (Å²) in [6.07, 6.45) is 0.944. The molecule has 1 aromatic heterocycles. The Morgan fingerprint density at radius 3 is 2.38 bits per heavy atom. The first kappa shape index (κ1) is 9.97. The van der Waals surface area contributed by atoms with Crippen LogP contribution in [-0.2, 0) is 9.84 Å². The minimum atomic E-state index is -3.57. The van der Waals surface area contributed by atoms with Gasteiger partial charge in [0.2, 0.25) is 9.84 Å². The highest BCUT2D eigenvalue weighted by molar-refractivity contribution is 7.90. The zero-order chi connectivity index (χ0) is 10.2. The lowest BCUT2D eigenvalue weighted by Gasteiger charge is -1.96. The van der Waals surface area contributed by atoms with Crippen LogP contribution in [0.25, 0.3) is 0 Å². The number of hydrogen-bond donors (Lipinski definition) is 0. The van der Waals surface area contributed by atoms with Gasteiger partial charge in [0.05, 0.1) is 5.27 Å². The fourth-order valence-corrected chi connectivity index (χ4v) is 1.82. The standard InChI is InChI=1S/C6H10N2O4S/c1-4(2)8-5(13(3,10)11)6(9)12-7-8/h4H,1-3H3. The maximum absolute atomic E-state index is 11.1. The van der Waals surface area contributed by atoms with Crippen molar-refractivity contribution in [3.05, 3.63) is 0 Å². The second-order valence-electron chi connectivity index (χ2n) is 2.98. The summed E-state index contributed by atoms with van der Waals surface area (Å²) in [6, 6.07) is -0.226. The molecule has 0 amide bonds. The van der Waals surface area contributed by atoms with Crippen LogP contribution >= 0.6 is 0 Å². The molecule has 1 heterocycles. The highest BCUT2D eigenvalue weighted by Gasteiger charge is 2.29. The summed E-state index contributed by atoms with van der Waals surface area (Å²) in [5.41, 5.74) is 0. The molecule has 0 fully saturated rings. The summed E-state index contributed by atoms with van der Waals surface area (Å²) >= 11 is 0. The van der Waals surface area contributed by atoms with Gasteiger partial charge in [0.15, 0.2) is 12.0 Å². The van der Waals surface area contributed by atoms with Crippen molar-refractivity contribution < 1.29 is 22.7 Å². The van der Waals surface area contributed by atoms with Crippen molar-refractivity contribution >= 4 is 9.84 Å². The van der Waals surface area contributed by atoms with Gasteiger partial charge in [-0.15, -0.1) is 0 Å². The molecule has 13 heavy (non-hydrogen) atoms. The summed E-state index contributed by atoms with van der Waals surface area (Å²) in [6.45, 7) is 3.41. The SMILES string of the molecule is CC(C)[n+]1noc([O-])c1S(C)(=O)=O. The molecule has 0 unspecified atom stereocenters. The van der Waals surface area contributed by atoms with E-state index < -0.39 is 20.8 Å². The fourth-order valence-electron chi connectivity index (χ4n) is 0.901. The van der Waals surface area contributed by atoms with E-state index in [4.69, 9.17) is 0 Å². The average molecular weight is 206 g/mol. The van der Waals surface area contributed by atoms with Crippen molar-refractivity contribution in [2.24, 2.45) is 0 Å². The first-order valence-electron chi connectivity index (χ1n) is 3.62. The quantitative estimate of drug-likeness (QED) is 0.580. The zero-order valence-corrected chi connectivity index (χ0v) is 8.33. The Bertz CT molecular complexity index is 406. The molecule has 0 aliphatic carbocycles. The molecular weight excluding hydrogens is 196 g/mol. The summed E-state index contributed by atoms with van der Waals surface area (Å²) in [5, 5.41) is 13.9. The van der Waals surface area contributed by atoms with Crippen molar-refractivity contribution in [2.75, 3.05) is 6.26 Å². The Morgan fingerprint density at radius 2 is 2.08 bits per heavy atom. The average Bonchev–Trinajstić information content (AvgIpc) is 2.28. The molecule has 0 aromatic carbocycles. The molecule has 0 saturated carbocycles. The van der Waals surface area contributed by atoms with Crippen molar-refractivity contribution in [1.82, 2.24) is 5.27 Å². The maximum Gasteiger partial charge on any atom is 0.347 e. The van der Waals surface area contributed by atoms with Gasteiger partial charge in [-0.25, -0.2) is 8.42 Å². The first-order valence-corrected chi connectivity index (χ1v) is 5.51. The lowest BCUT2D eigenvalue weighted by atomic mass is 10.4. The minimum absolute atomic E-state index is 0.226. The van der Waals surface area contributed by atoms with Gasteiger partial charge in [0.25, 0.3) is 0 Å². The fraction of sp³-hybridized carbons (Fsp3) is 0.667. The predicted molar refractivity (Wildman–Crippen MR) is 39.6 cm³/mol. The monoisotopic (exact) mass is 206 g/mol. The Kier molecular flexibility index (Phi) is 2.29. The van der Waals surface area contributed by atoms with Crippen LogP contribution in [0.2, 0.25) is 0 Å². The summed E-state index contributed by atoms with van der Waals surface area (Å²) < 4.78 is 27.6. The molecule has 0 bridgehead atoms. The molecule has 0 aliphatic heterocycles. The predicted octanol–water partition coefficient (Wildman–Crippen LogP) is -0.980. The van der Waals surface area contributed by atoms with E-state index >= 15 is 0 Å². The minimum Gasteiger partial charge on any atom is -0.538 e. The largest absolute Gasteiger partial charge is 0.538 e. The third kappa shape index (κ3) is 1.80. The van der Waals surface area contributed by atoms with E-state index in [2.05, 4.69) is 9.79 Å². The second-order valence-corrected chi connectivity index (χ2v) is 4.91. The Labute approximate surface area is 75.7 Å². The molecule has 0 aliphatic rings. The Morgan fingerprint density at radius 1 is 1.54 bits per heavy atom. The van der Waals surface area contributed by atoms with Gasteiger partial charge in [-0.3, -0.25) is 0 Å². The third-order valence-electron chi connectivity index (χ3n) is 1.43. The summed E-state index contributed by atoms with van der Waals surface area (Å²) in [4.78, 5) is 0. The van der Waals surface area contributed by atoms with Gasteiger partial charge in [-0.2, -0.15) is 0 Å². The van der Waals surface area contributed by atoms with E-state index in [-0.39, 0.29) is 6.04 Å². The van der Waals surface area contributed by atoms with E-state index in [0.717, 1.165) is 10.9 Å². The van der Waals surface area contributed by atoms with Crippen LogP contribution in [-0.4, -0.2) is 19.9 Å². The molecule has 0 N–H and O–H groups in total. The molecule has 6 nitrogen and oxygen atoms in total. The number of nitrogens with zero attached hydrogens (tertiary/aromatic N) is 2. The second kappa shape index (κ2) is 2.99. The maximum atomic E-state index is 11.1. The van der Waals surface area contributed by atoms with Crippen molar-refractivity contribution in [3.8, 4) is 5.95 Å². The van der Waals surface area contributed by atoms with E-state index in [9.17, 15) is 13.5 Å². The lowest BCUT2D eigenvalue weighted by molar-refractivity contribution is -0.810. The topological polar surface area (TPSA) is 87.1 Å². The van der Waals surface area contributed by atoms with Gasteiger partial charge < -0.3 is 9.63 Å². The van der Waals surface area contributed by atoms with Crippen molar-refractivity contribution in [3.63, 3.8) is 0 Å². The Balaban J connectivity index is 3.42. The lowest BCUT2D eigenvalue weighted by Crippen LogP contribution is -2.42. The molecule has 0 radical (unpaired) electrons. The Hall–Kier alpha value is -1.11. The van der Waals surface area contributed by atoms with Crippen LogP contribution in [0.4, 0.5) is 0 Å². The van der Waals surface area contributed by atoms with Crippen LogP contribution in [0.15, 0.2) is 9.55 Å². The van der Waals surface area contributed by atoms with Crippen LogP contribution in [0.5, 0.6) is 5.95 Å². The molecule has 0 saturated heterocycles. The highest BCUT2D eigenvalue weighted by Crippen LogP contribution is 2.14. The number of rotatable bonds is 2. The summed E-state index contributed by atoms with van der Waals surface area (Å²) in [7, 11) is -3.57. The molecule has 74 valence electrons. The molecule has 0 spiro atoms. The van der Waals surface area contributed by atoms with E-state index in [1.54, 1.807) is 13.8 Å². The van der Waals surface area contributed by atoms with Gasteiger partial charge in [-0.1, -0.05) is 4.68 Å². The smallest absolute Gasteiger partial charge is 0.347 e. The highest BCUT2D eigenvalue weighted by atomic mass is 32.2. The molecular formula is C6H10N2O4S. The third-order valence-corrected chi connectivity index (χ3v) is 2.49. The molecule has 1 aromatic rings. The van der Waals surface area contributed by atoms with Crippen molar-refractivity contribution in [2.45, 2.75) is 24.9 Å². The van der Waals surface area contributed by atoms with Crippen LogP contribution in [0.1, 0.15) is 19.9 Å². The van der Waals surface area contributed by atoms with Crippen LogP contribution in [0.3, 0.4) is 0 Å². The molecule has 0 atom stereocenters. The van der Waals surface area contributed by atoms with Crippen LogP contribution in [0, 0.1) is 0 Å². The molecule has 7 heteroatoms. The van der Waals surface area contributed by atoms with Gasteiger partial charge in [-0.05, 0) is 13.8 Å².